The highest BCUT2D eigenvalue weighted by atomic mass is 35.5. The number of allylic oxidation sites excluding steroid dienone is 1. The molecule has 3 nitrogen and oxygen atoms in total. The lowest BCUT2D eigenvalue weighted by atomic mass is 10.3. The molecular weight excluding hydrogens is 217 g/mol. The Morgan fingerprint density at radius 1 is 1.17 bits per heavy atom. The number of carboxylic acids is 1. The van der Waals surface area contributed by atoms with Crippen molar-refractivity contribution in [1.29, 1.82) is 0 Å². The number of aliphatic carboxylic acids is 1. The third-order valence-corrected chi connectivity index (χ3v) is 1.62. The SMILES string of the molecule is O=C(O)C(Cl)=C(Cl)C(=O)C(F)F. The maximum atomic E-state index is 11.6. The number of halogens is 4. The van der Waals surface area contributed by atoms with Gasteiger partial charge in [0.25, 0.3) is 0 Å². The first kappa shape index (κ1) is 11.3. The number of carbonyl (C=O) groups is 2. The second kappa shape index (κ2) is 4.37. The summed E-state index contributed by atoms with van der Waals surface area (Å²) in [7, 11) is 0. The lowest BCUT2D eigenvalue weighted by Crippen LogP contribution is -2.12. The van der Waals surface area contributed by atoms with E-state index < -0.39 is 28.2 Å². The first-order valence-electron chi connectivity index (χ1n) is 2.48. The standard InChI is InChI=1S/C5H2Cl2F2O3/c6-1(2(7)5(11)12)3(10)4(8)9/h4H,(H,11,12). The van der Waals surface area contributed by atoms with Crippen LogP contribution in [0.1, 0.15) is 0 Å². The van der Waals surface area contributed by atoms with E-state index in [4.69, 9.17) is 28.3 Å². The average molecular weight is 219 g/mol. The van der Waals surface area contributed by atoms with Crippen molar-refractivity contribution < 1.29 is 23.5 Å². The maximum Gasteiger partial charge on any atom is 0.348 e. The molecule has 0 unspecified atom stereocenters. The van der Waals surface area contributed by atoms with Gasteiger partial charge in [-0.25, -0.2) is 13.6 Å². The summed E-state index contributed by atoms with van der Waals surface area (Å²) in [6, 6.07) is 0. The third-order valence-electron chi connectivity index (χ3n) is 0.795. The van der Waals surface area contributed by atoms with E-state index in [0.717, 1.165) is 0 Å². The van der Waals surface area contributed by atoms with Crippen LogP contribution in [0.3, 0.4) is 0 Å². The van der Waals surface area contributed by atoms with Gasteiger partial charge in [0, 0.05) is 0 Å². The molecule has 0 heterocycles. The topological polar surface area (TPSA) is 54.4 Å². The van der Waals surface area contributed by atoms with E-state index in [1.807, 2.05) is 0 Å². The second-order valence-electron chi connectivity index (χ2n) is 1.60. The van der Waals surface area contributed by atoms with Crippen molar-refractivity contribution in [2.24, 2.45) is 0 Å². The molecular formula is C5H2Cl2F2O3. The quantitative estimate of drug-likeness (QED) is 0.733. The van der Waals surface area contributed by atoms with Crippen LogP contribution in [0.15, 0.2) is 10.1 Å². The van der Waals surface area contributed by atoms with Crippen LogP contribution < -0.4 is 0 Å². The van der Waals surface area contributed by atoms with Crippen LogP contribution in [-0.2, 0) is 9.59 Å². The summed E-state index contributed by atoms with van der Waals surface area (Å²) < 4.78 is 23.2. The van der Waals surface area contributed by atoms with Gasteiger partial charge >= 0.3 is 12.4 Å². The zero-order valence-electron chi connectivity index (χ0n) is 5.35. The molecule has 0 aromatic rings. The number of carbonyl (C=O) groups excluding carboxylic acids is 1. The number of alkyl halides is 2. The van der Waals surface area contributed by atoms with Crippen molar-refractivity contribution in [1.82, 2.24) is 0 Å². The molecule has 0 atom stereocenters. The Bertz CT molecular complexity index is 249. The average Bonchev–Trinajstić information content (AvgIpc) is 2.00. The van der Waals surface area contributed by atoms with E-state index in [-0.39, 0.29) is 0 Å². The highest BCUT2D eigenvalue weighted by molar-refractivity contribution is 6.53. The van der Waals surface area contributed by atoms with Gasteiger partial charge in [0.1, 0.15) is 10.1 Å². The molecule has 0 bridgehead atoms. The van der Waals surface area contributed by atoms with Crippen LogP contribution >= 0.6 is 23.2 Å². The fraction of sp³-hybridized carbons (Fsp3) is 0.200. The Balaban J connectivity index is 4.79. The number of hydrogen-bond acceptors (Lipinski definition) is 2. The molecule has 0 saturated carbocycles. The van der Waals surface area contributed by atoms with Crippen LogP contribution in [0.4, 0.5) is 8.78 Å². The summed E-state index contributed by atoms with van der Waals surface area (Å²) in [5.74, 6) is -3.53. The molecule has 12 heavy (non-hydrogen) atoms. The van der Waals surface area contributed by atoms with Crippen molar-refractivity contribution in [3.05, 3.63) is 10.1 Å². The summed E-state index contributed by atoms with van der Waals surface area (Å²) in [4.78, 5) is 20.3. The minimum Gasteiger partial charge on any atom is -0.477 e. The van der Waals surface area contributed by atoms with E-state index in [0.29, 0.717) is 0 Å². The minimum atomic E-state index is -3.36. The largest absolute Gasteiger partial charge is 0.477 e. The minimum absolute atomic E-state index is 1.11. The van der Waals surface area contributed by atoms with Gasteiger partial charge in [-0.15, -0.1) is 0 Å². The smallest absolute Gasteiger partial charge is 0.348 e. The molecule has 0 fully saturated rings. The van der Waals surface area contributed by atoms with E-state index >= 15 is 0 Å². The summed E-state index contributed by atoms with van der Waals surface area (Å²) in [5, 5.41) is 5.83. The van der Waals surface area contributed by atoms with E-state index in [1.54, 1.807) is 0 Å². The Hall–Kier alpha value is -0.680. The Morgan fingerprint density at radius 2 is 1.58 bits per heavy atom. The normalized spacial score (nSPS) is 12.8. The molecule has 0 aliphatic carbocycles. The number of Topliss-reactive ketones (excluding diaryl/α,β-unsaturated/α-hetero) is 1. The molecule has 0 aliphatic rings. The molecule has 7 heteroatoms. The maximum absolute atomic E-state index is 11.6. The van der Waals surface area contributed by atoms with Crippen molar-refractivity contribution in [3.8, 4) is 0 Å². The van der Waals surface area contributed by atoms with Gasteiger partial charge in [0.05, 0.1) is 0 Å². The zero-order valence-corrected chi connectivity index (χ0v) is 6.86. The van der Waals surface area contributed by atoms with E-state index in [9.17, 15) is 18.4 Å². The van der Waals surface area contributed by atoms with Gasteiger partial charge < -0.3 is 5.11 Å². The van der Waals surface area contributed by atoms with Gasteiger partial charge in [-0.1, -0.05) is 23.2 Å². The first-order chi connectivity index (χ1) is 5.37. The van der Waals surface area contributed by atoms with E-state index in [1.165, 1.54) is 0 Å². The Morgan fingerprint density at radius 3 is 1.83 bits per heavy atom. The number of rotatable bonds is 3. The van der Waals surface area contributed by atoms with Crippen LogP contribution in [0.25, 0.3) is 0 Å². The van der Waals surface area contributed by atoms with Gasteiger partial charge in [-0.05, 0) is 0 Å². The molecule has 0 saturated heterocycles. The van der Waals surface area contributed by atoms with Crippen molar-refractivity contribution in [2.45, 2.75) is 6.43 Å². The molecule has 0 rings (SSSR count). The lowest BCUT2D eigenvalue weighted by molar-refractivity contribution is -0.132. The van der Waals surface area contributed by atoms with Gasteiger partial charge in [0.15, 0.2) is 0 Å². The van der Waals surface area contributed by atoms with Crippen LogP contribution in [0, 0.1) is 0 Å². The summed E-state index contributed by atoms with van der Waals surface area (Å²) in [6.45, 7) is 0. The fourth-order valence-corrected chi connectivity index (χ4v) is 0.554. The number of hydrogen-bond donors (Lipinski definition) is 1. The van der Waals surface area contributed by atoms with Gasteiger partial charge in [-0.2, -0.15) is 0 Å². The summed E-state index contributed by atoms with van der Waals surface area (Å²) >= 11 is 9.81. The van der Waals surface area contributed by atoms with Crippen LogP contribution in [-0.4, -0.2) is 23.3 Å². The highest BCUT2D eigenvalue weighted by Gasteiger charge is 2.24. The molecule has 0 aromatic carbocycles. The monoisotopic (exact) mass is 218 g/mol. The molecule has 0 radical (unpaired) electrons. The van der Waals surface area contributed by atoms with Crippen molar-refractivity contribution in [3.63, 3.8) is 0 Å². The second-order valence-corrected chi connectivity index (χ2v) is 2.35. The first-order valence-corrected chi connectivity index (χ1v) is 3.24. The highest BCUT2D eigenvalue weighted by Crippen LogP contribution is 2.18. The summed E-state index contributed by atoms with van der Waals surface area (Å²) in [6.07, 6.45) is -3.36. The Labute approximate surface area is 75.6 Å². The molecule has 1 N–H and O–H groups in total. The van der Waals surface area contributed by atoms with Gasteiger partial charge in [0.2, 0.25) is 5.78 Å². The van der Waals surface area contributed by atoms with Gasteiger partial charge in [-0.3, -0.25) is 4.79 Å². The fourth-order valence-electron chi connectivity index (χ4n) is 0.298. The molecule has 68 valence electrons. The number of carboxylic acid groups (broad SMARTS) is 1. The van der Waals surface area contributed by atoms with E-state index in [2.05, 4.69) is 0 Å². The van der Waals surface area contributed by atoms with Crippen molar-refractivity contribution in [2.75, 3.05) is 0 Å². The predicted octanol–water partition coefficient (Wildman–Crippen LogP) is 1.59. The Kier molecular flexibility index (Phi) is 4.12. The van der Waals surface area contributed by atoms with Crippen LogP contribution in [0.2, 0.25) is 0 Å². The zero-order chi connectivity index (χ0) is 9.89. The predicted molar refractivity (Wildman–Crippen MR) is 37.4 cm³/mol. The molecule has 0 spiro atoms. The molecule has 0 amide bonds. The molecule has 0 aliphatic heterocycles. The van der Waals surface area contributed by atoms with Crippen molar-refractivity contribution >= 4 is 35.0 Å². The summed E-state index contributed by atoms with van der Waals surface area (Å²) in [5.41, 5.74) is 0. The lowest BCUT2D eigenvalue weighted by Gasteiger charge is -1.97. The third kappa shape index (κ3) is 2.75. The van der Waals surface area contributed by atoms with Crippen LogP contribution in [0.5, 0.6) is 0 Å². The molecule has 0 aromatic heterocycles. The number of ketones is 1.